The van der Waals surface area contributed by atoms with E-state index in [1.54, 1.807) is 0 Å². The number of para-hydroxylation sites is 2. The SMILES string of the molecule is CC(c1ccc(-c2cccc3c2oc2ccccc23)cc1)c1cccc(-c2ccc3c(ccc4ccccc43)c2)c1. The molecule has 8 rings (SSSR count). The first-order valence-corrected chi connectivity index (χ1v) is 14.3. The van der Waals surface area contributed by atoms with Gasteiger partial charge in [-0.2, -0.15) is 0 Å². The van der Waals surface area contributed by atoms with Gasteiger partial charge in [0.25, 0.3) is 0 Å². The fourth-order valence-corrected chi connectivity index (χ4v) is 6.30. The van der Waals surface area contributed by atoms with Crippen molar-refractivity contribution >= 4 is 43.5 Å². The van der Waals surface area contributed by atoms with Gasteiger partial charge in [-0.25, -0.2) is 0 Å². The van der Waals surface area contributed by atoms with Crippen molar-refractivity contribution in [1.82, 2.24) is 0 Å². The fraction of sp³-hybridized carbons (Fsp3) is 0.0500. The van der Waals surface area contributed by atoms with E-state index in [2.05, 4.69) is 140 Å². The van der Waals surface area contributed by atoms with Crippen LogP contribution in [0.2, 0.25) is 0 Å². The van der Waals surface area contributed by atoms with Gasteiger partial charge in [-0.05, 0) is 61.5 Å². The molecule has 0 fully saturated rings. The molecule has 0 saturated carbocycles. The Hall–Kier alpha value is -5.14. The molecule has 1 unspecified atom stereocenters. The van der Waals surface area contributed by atoms with Crippen LogP contribution in [0.5, 0.6) is 0 Å². The largest absolute Gasteiger partial charge is 0.455 e. The van der Waals surface area contributed by atoms with Crippen molar-refractivity contribution in [3.8, 4) is 22.3 Å². The Morgan fingerprint density at radius 3 is 2.02 bits per heavy atom. The summed E-state index contributed by atoms with van der Waals surface area (Å²) in [5, 5.41) is 7.48. The molecule has 1 heterocycles. The normalized spacial score (nSPS) is 12.4. The standard InChI is InChI=1S/C40H28O/c1-26(27-16-18-29(19-17-27)36-13-7-14-38-37-12-4-5-15-39(37)41-40(36)38)30-9-6-10-31(24-30)32-22-23-35-33(25-32)21-20-28-8-2-3-11-34(28)35/h2-26H,1H3. The second kappa shape index (κ2) is 9.50. The first-order valence-electron chi connectivity index (χ1n) is 14.3. The molecule has 0 radical (unpaired) electrons. The molecule has 0 bridgehead atoms. The van der Waals surface area contributed by atoms with Gasteiger partial charge in [-0.3, -0.25) is 0 Å². The van der Waals surface area contributed by atoms with Crippen molar-refractivity contribution < 1.29 is 4.42 Å². The van der Waals surface area contributed by atoms with Gasteiger partial charge in [0.05, 0.1) is 0 Å². The molecule has 1 nitrogen and oxygen atoms in total. The van der Waals surface area contributed by atoms with Crippen LogP contribution in [0, 0.1) is 0 Å². The first-order chi connectivity index (χ1) is 20.2. The Morgan fingerprint density at radius 1 is 0.439 bits per heavy atom. The quantitative estimate of drug-likeness (QED) is 0.209. The Bertz CT molecular complexity index is 2220. The molecule has 1 heteroatoms. The van der Waals surface area contributed by atoms with Crippen LogP contribution in [0.3, 0.4) is 0 Å². The van der Waals surface area contributed by atoms with Crippen molar-refractivity contribution in [3.05, 3.63) is 157 Å². The van der Waals surface area contributed by atoms with Crippen molar-refractivity contribution in [2.75, 3.05) is 0 Å². The Balaban J connectivity index is 1.11. The second-order valence-corrected chi connectivity index (χ2v) is 11.0. The summed E-state index contributed by atoms with van der Waals surface area (Å²) in [7, 11) is 0. The zero-order chi connectivity index (χ0) is 27.3. The lowest BCUT2D eigenvalue weighted by Crippen LogP contribution is -1.96. The Morgan fingerprint density at radius 2 is 1.12 bits per heavy atom. The van der Waals surface area contributed by atoms with E-state index < -0.39 is 0 Å². The highest BCUT2D eigenvalue weighted by atomic mass is 16.3. The molecule has 0 spiro atoms. The van der Waals surface area contributed by atoms with Crippen LogP contribution in [0.1, 0.15) is 24.0 Å². The van der Waals surface area contributed by atoms with E-state index in [0.29, 0.717) is 0 Å². The second-order valence-electron chi connectivity index (χ2n) is 11.0. The van der Waals surface area contributed by atoms with Crippen LogP contribution < -0.4 is 0 Å². The minimum Gasteiger partial charge on any atom is -0.455 e. The maximum absolute atomic E-state index is 6.29. The fourth-order valence-electron chi connectivity index (χ4n) is 6.30. The first kappa shape index (κ1) is 23.7. The molecule has 1 aromatic heterocycles. The molecular formula is C40H28O. The van der Waals surface area contributed by atoms with Gasteiger partial charge in [-0.15, -0.1) is 0 Å². The van der Waals surface area contributed by atoms with E-state index in [-0.39, 0.29) is 5.92 Å². The van der Waals surface area contributed by atoms with E-state index in [1.165, 1.54) is 49.4 Å². The molecule has 1 atom stereocenters. The summed E-state index contributed by atoms with van der Waals surface area (Å²) in [6.07, 6.45) is 0. The number of furan rings is 1. The summed E-state index contributed by atoms with van der Waals surface area (Å²) >= 11 is 0. The molecule has 0 N–H and O–H groups in total. The van der Waals surface area contributed by atoms with Gasteiger partial charge in [-0.1, -0.05) is 140 Å². The van der Waals surface area contributed by atoms with Crippen LogP contribution in [0.25, 0.3) is 65.7 Å². The number of hydrogen-bond acceptors (Lipinski definition) is 1. The third kappa shape index (κ3) is 4.01. The maximum atomic E-state index is 6.29. The summed E-state index contributed by atoms with van der Waals surface area (Å²) in [4.78, 5) is 0. The highest BCUT2D eigenvalue weighted by molar-refractivity contribution is 6.10. The monoisotopic (exact) mass is 524 g/mol. The number of rotatable bonds is 4. The van der Waals surface area contributed by atoms with Crippen LogP contribution in [-0.2, 0) is 0 Å². The predicted molar refractivity (Wildman–Crippen MR) is 174 cm³/mol. The lowest BCUT2D eigenvalue weighted by molar-refractivity contribution is 0.670. The predicted octanol–water partition coefficient (Wildman–Crippen LogP) is 11.4. The molecule has 41 heavy (non-hydrogen) atoms. The molecule has 0 aliphatic heterocycles. The average molecular weight is 525 g/mol. The summed E-state index contributed by atoms with van der Waals surface area (Å²) in [5.41, 5.74) is 9.28. The molecule has 8 aromatic rings. The number of hydrogen-bond donors (Lipinski definition) is 0. The van der Waals surface area contributed by atoms with Crippen LogP contribution in [0.15, 0.2) is 150 Å². The molecule has 7 aromatic carbocycles. The van der Waals surface area contributed by atoms with Gasteiger partial charge >= 0.3 is 0 Å². The summed E-state index contributed by atoms with van der Waals surface area (Å²) in [6.45, 7) is 2.29. The van der Waals surface area contributed by atoms with E-state index in [9.17, 15) is 0 Å². The Kier molecular flexibility index (Phi) is 5.50. The third-order valence-electron chi connectivity index (χ3n) is 8.59. The van der Waals surface area contributed by atoms with Gasteiger partial charge in [0.15, 0.2) is 0 Å². The molecule has 0 aliphatic carbocycles. The molecule has 0 amide bonds. The molecule has 194 valence electrons. The highest BCUT2D eigenvalue weighted by Crippen LogP contribution is 2.37. The minimum atomic E-state index is 0.274. The lowest BCUT2D eigenvalue weighted by Gasteiger charge is -2.15. The average Bonchev–Trinajstić information content (AvgIpc) is 3.43. The molecule has 0 saturated heterocycles. The van der Waals surface area contributed by atoms with E-state index >= 15 is 0 Å². The van der Waals surface area contributed by atoms with Crippen LogP contribution in [0.4, 0.5) is 0 Å². The van der Waals surface area contributed by atoms with Crippen LogP contribution in [-0.4, -0.2) is 0 Å². The van der Waals surface area contributed by atoms with Crippen molar-refractivity contribution in [1.29, 1.82) is 0 Å². The van der Waals surface area contributed by atoms with Crippen molar-refractivity contribution in [3.63, 3.8) is 0 Å². The van der Waals surface area contributed by atoms with Crippen molar-refractivity contribution in [2.24, 2.45) is 0 Å². The van der Waals surface area contributed by atoms with E-state index in [1.807, 2.05) is 12.1 Å². The van der Waals surface area contributed by atoms with Gasteiger partial charge in [0.2, 0.25) is 0 Å². The lowest BCUT2D eigenvalue weighted by atomic mass is 9.89. The maximum Gasteiger partial charge on any atom is 0.143 e. The summed E-state index contributed by atoms with van der Waals surface area (Å²) in [5.74, 6) is 0.274. The summed E-state index contributed by atoms with van der Waals surface area (Å²) in [6, 6.07) is 52.5. The van der Waals surface area contributed by atoms with Gasteiger partial charge < -0.3 is 4.42 Å². The zero-order valence-electron chi connectivity index (χ0n) is 22.8. The number of benzene rings is 7. The third-order valence-corrected chi connectivity index (χ3v) is 8.59. The van der Waals surface area contributed by atoms with Crippen molar-refractivity contribution in [2.45, 2.75) is 12.8 Å². The summed E-state index contributed by atoms with van der Waals surface area (Å²) < 4.78 is 6.29. The van der Waals surface area contributed by atoms with E-state index in [4.69, 9.17) is 4.42 Å². The van der Waals surface area contributed by atoms with Gasteiger partial charge in [0, 0.05) is 22.3 Å². The molecular weight excluding hydrogens is 496 g/mol. The topological polar surface area (TPSA) is 13.1 Å². The van der Waals surface area contributed by atoms with Crippen LogP contribution >= 0.6 is 0 Å². The minimum absolute atomic E-state index is 0.274. The zero-order valence-corrected chi connectivity index (χ0v) is 22.8. The van der Waals surface area contributed by atoms with E-state index in [0.717, 1.165) is 27.5 Å². The van der Waals surface area contributed by atoms with Gasteiger partial charge in [0.1, 0.15) is 11.2 Å². The Labute approximate surface area is 239 Å². The molecule has 0 aliphatic rings. The highest BCUT2D eigenvalue weighted by Gasteiger charge is 2.14. The number of fused-ring (bicyclic) bond motifs is 6. The smallest absolute Gasteiger partial charge is 0.143 e.